The zero-order valence-corrected chi connectivity index (χ0v) is 24.8. The summed E-state index contributed by atoms with van der Waals surface area (Å²) in [6.45, 7) is 0.207. The molecule has 234 valence electrons. The summed E-state index contributed by atoms with van der Waals surface area (Å²) < 4.78 is 1.52. The molecule has 0 bridgehead atoms. The fraction of sp³-hybridized carbons (Fsp3) is 0.0857. The fourth-order valence-electron chi connectivity index (χ4n) is 5.05. The molecule has 0 radical (unpaired) electrons. The third-order valence-corrected chi connectivity index (χ3v) is 7.28. The highest BCUT2D eigenvalue weighted by Crippen LogP contribution is 2.26. The minimum absolute atomic E-state index is 0.00377. The second kappa shape index (κ2) is 13.6. The van der Waals surface area contributed by atoms with E-state index in [4.69, 9.17) is 4.84 Å². The average Bonchev–Trinajstić information content (AvgIpc) is 3.09. The minimum atomic E-state index is -0.737. The number of benzene rings is 3. The van der Waals surface area contributed by atoms with Crippen LogP contribution in [0.1, 0.15) is 28.1 Å². The van der Waals surface area contributed by atoms with Crippen molar-refractivity contribution in [3.05, 3.63) is 165 Å². The van der Waals surface area contributed by atoms with Gasteiger partial charge in [-0.3, -0.25) is 9.59 Å². The highest BCUT2D eigenvalue weighted by atomic mass is 16.7. The van der Waals surface area contributed by atoms with Crippen LogP contribution in [0.3, 0.4) is 0 Å². The molecule has 0 aliphatic heterocycles. The van der Waals surface area contributed by atoms with Gasteiger partial charge in [0.15, 0.2) is 11.3 Å². The van der Waals surface area contributed by atoms with E-state index in [0.717, 1.165) is 33.6 Å². The normalized spacial score (nSPS) is 10.8. The van der Waals surface area contributed by atoms with Gasteiger partial charge in [-0.05, 0) is 16.7 Å². The number of aromatic nitrogens is 6. The molecule has 0 spiro atoms. The Morgan fingerprint density at radius 2 is 1.02 bits per heavy atom. The van der Waals surface area contributed by atoms with E-state index in [0.29, 0.717) is 34.3 Å². The van der Waals surface area contributed by atoms with E-state index in [9.17, 15) is 25.0 Å². The summed E-state index contributed by atoms with van der Waals surface area (Å²) in [6.07, 6.45) is 3.60. The van der Waals surface area contributed by atoms with Gasteiger partial charge in [-0.2, -0.15) is 0 Å². The molecule has 0 atom stereocenters. The Bertz CT molecular complexity index is 2280. The monoisotopic (exact) mass is 628 g/mol. The molecule has 0 unspecified atom stereocenters. The van der Waals surface area contributed by atoms with Crippen LogP contribution in [-0.2, 0) is 19.4 Å². The lowest BCUT2D eigenvalue weighted by atomic mass is 10.1. The Hall–Kier alpha value is -6.56. The van der Waals surface area contributed by atoms with Crippen molar-refractivity contribution in [3.63, 3.8) is 0 Å². The van der Waals surface area contributed by atoms with Gasteiger partial charge < -0.3 is 20.3 Å². The van der Waals surface area contributed by atoms with Gasteiger partial charge in [0.25, 0.3) is 11.1 Å². The smallest absolute Gasteiger partial charge is 0.288 e. The Morgan fingerprint density at radius 3 is 1.55 bits per heavy atom. The zero-order chi connectivity index (χ0) is 32.8. The van der Waals surface area contributed by atoms with Crippen molar-refractivity contribution in [1.29, 1.82) is 0 Å². The van der Waals surface area contributed by atoms with Crippen molar-refractivity contribution >= 4 is 22.1 Å². The van der Waals surface area contributed by atoms with Gasteiger partial charge in [0.05, 0.1) is 22.2 Å². The fourth-order valence-corrected chi connectivity index (χ4v) is 5.05. The molecule has 47 heavy (non-hydrogen) atoms. The van der Waals surface area contributed by atoms with Gasteiger partial charge in [-0.15, -0.1) is 9.46 Å². The van der Waals surface area contributed by atoms with Crippen LogP contribution in [0.15, 0.2) is 125 Å². The van der Waals surface area contributed by atoms with Crippen molar-refractivity contribution in [2.75, 3.05) is 0 Å². The highest BCUT2D eigenvalue weighted by molar-refractivity contribution is 5.85. The molecule has 12 nitrogen and oxygen atoms in total. The molecule has 3 N–H and O–H groups in total. The topological polar surface area (TPSA) is 165 Å². The molecule has 12 heteroatoms. The maximum absolute atomic E-state index is 12.4. The van der Waals surface area contributed by atoms with E-state index < -0.39 is 11.1 Å². The number of nitrogens with zero attached hydrogens (tertiary/aromatic N) is 6. The molecular formula is C35H28N6O6. The van der Waals surface area contributed by atoms with Gasteiger partial charge in [0.2, 0.25) is 0 Å². The first kappa shape index (κ1) is 30.5. The maximum Gasteiger partial charge on any atom is 0.288 e. The van der Waals surface area contributed by atoms with Gasteiger partial charge in [-0.1, -0.05) is 91.0 Å². The van der Waals surface area contributed by atoms with Crippen molar-refractivity contribution in [2.45, 2.75) is 19.4 Å². The van der Waals surface area contributed by atoms with E-state index >= 15 is 0 Å². The van der Waals surface area contributed by atoms with Crippen molar-refractivity contribution in [3.8, 4) is 11.5 Å². The van der Waals surface area contributed by atoms with Crippen LogP contribution in [0.5, 0.6) is 11.5 Å². The number of hydrogen-bond donors (Lipinski definition) is 3. The summed E-state index contributed by atoms with van der Waals surface area (Å²) in [5.74, 6) is -0.386. The van der Waals surface area contributed by atoms with E-state index in [1.807, 2.05) is 91.0 Å². The Morgan fingerprint density at radius 1 is 0.574 bits per heavy atom. The molecule has 7 aromatic rings. The van der Waals surface area contributed by atoms with Crippen LogP contribution in [0, 0.1) is 0 Å². The number of rotatable bonds is 7. The van der Waals surface area contributed by atoms with E-state index in [-0.39, 0.29) is 34.8 Å². The van der Waals surface area contributed by atoms with Gasteiger partial charge in [-0.25, -0.2) is 19.9 Å². The molecule has 3 aromatic carbocycles. The maximum atomic E-state index is 12.4. The standard InChI is InChI=1S/C21H17N3O3.C14H11N3O3/c25-18-12-19(26)24(27-13-16-9-5-2-6-10-16)21-20(18)17(22-14-23-21)11-15-7-3-1-4-8-15;18-11-7-12(19)17(20)14-13(11)10(15-8-16-14)6-9-4-2-1-3-5-9/h1-10,12,14,25H,11,13H2;1-5,7-8,18,20H,6H2. The summed E-state index contributed by atoms with van der Waals surface area (Å²) in [5.41, 5.74) is 3.15. The molecular weight excluding hydrogens is 600 g/mol. The largest absolute Gasteiger partial charge is 0.507 e. The first-order chi connectivity index (χ1) is 22.9. The third-order valence-electron chi connectivity index (χ3n) is 7.28. The summed E-state index contributed by atoms with van der Waals surface area (Å²) in [7, 11) is 0. The molecule has 0 fully saturated rings. The minimum Gasteiger partial charge on any atom is -0.507 e. The van der Waals surface area contributed by atoms with Gasteiger partial charge in [0.1, 0.15) is 30.8 Å². The Kier molecular flexibility index (Phi) is 8.82. The number of aromatic hydroxyl groups is 2. The number of pyridine rings is 2. The molecule has 0 amide bonds. The molecule has 4 heterocycles. The summed E-state index contributed by atoms with van der Waals surface area (Å²) >= 11 is 0. The molecule has 4 aromatic heterocycles. The van der Waals surface area contributed by atoms with E-state index in [2.05, 4.69) is 19.9 Å². The average molecular weight is 629 g/mol. The van der Waals surface area contributed by atoms with Crippen LogP contribution in [0.4, 0.5) is 0 Å². The summed E-state index contributed by atoms with van der Waals surface area (Å²) in [4.78, 5) is 46.0. The third kappa shape index (κ3) is 6.76. The number of fused-ring (bicyclic) bond motifs is 2. The highest BCUT2D eigenvalue weighted by Gasteiger charge is 2.16. The van der Waals surface area contributed by atoms with Crippen LogP contribution < -0.4 is 16.0 Å². The molecule has 7 rings (SSSR count). The van der Waals surface area contributed by atoms with Crippen LogP contribution >= 0.6 is 0 Å². The van der Waals surface area contributed by atoms with Gasteiger partial charge >= 0.3 is 0 Å². The second-order valence-corrected chi connectivity index (χ2v) is 10.5. The second-order valence-electron chi connectivity index (χ2n) is 10.5. The molecule has 0 saturated heterocycles. The van der Waals surface area contributed by atoms with Crippen LogP contribution in [0.25, 0.3) is 22.1 Å². The Balaban J connectivity index is 0.000000172. The Labute approximate surface area is 267 Å². The van der Waals surface area contributed by atoms with Gasteiger partial charge in [0, 0.05) is 25.0 Å². The SMILES string of the molecule is O=c1cc(O)c2c(Cc3ccccc3)ncnc2n1O.O=c1cc(O)c2c(Cc3ccccc3)ncnc2n1OCc1ccccc1. The predicted molar refractivity (Wildman–Crippen MR) is 173 cm³/mol. The van der Waals surface area contributed by atoms with Crippen LogP contribution in [-0.4, -0.2) is 44.8 Å². The van der Waals surface area contributed by atoms with Crippen molar-refractivity contribution in [1.82, 2.24) is 29.4 Å². The van der Waals surface area contributed by atoms with E-state index in [1.54, 1.807) is 0 Å². The predicted octanol–water partition coefficient (Wildman–Crippen LogP) is 4.04. The molecule has 0 aliphatic carbocycles. The lowest BCUT2D eigenvalue weighted by Crippen LogP contribution is -2.27. The molecule has 0 saturated carbocycles. The van der Waals surface area contributed by atoms with Crippen LogP contribution in [0.2, 0.25) is 0 Å². The zero-order valence-electron chi connectivity index (χ0n) is 24.8. The first-order valence-electron chi connectivity index (χ1n) is 14.5. The number of hydrogen-bond acceptors (Lipinski definition) is 10. The molecule has 0 aliphatic rings. The lowest BCUT2D eigenvalue weighted by molar-refractivity contribution is 0.0975. The first-order valence-corrected chi connectivity index (χ1v) is 14.5. The summed E-state index contributed by atoms with van der Waals surface area (Å²) in [5, 5.41) is 30.7. The van der Waals surface area contributed by atoms with E-state index in [1.165, 1.54) is 12.7 Å². The quantitative estimate of drug-likeness (QED) is 0.219. The summed E-state index contributed by atoms with van der Waals surface area (Å²) in [6, 6.07) is 31.0. The van der Waals surface area contributed by atoms with Crippen molar-refractivity contribution < 1.29 is 20.3 Å². The lowest BCUT2D eigenvalue weighted by Gasteiger charge is -2.13. The van der Waals surface area contributed by atoms with Crippen molar-refractivity contribution in [2.24, 2.45) is 0 Å².